The lowest BCUT2D eigenvalue weighted by atomic mass is 9.78. The summed E-state index contributed by atoms with van der Waals surface area (Å²) in [5, 5.41) is 9.77. The lowest BCUT2D eigenvalue weighted by molar-refractivity contribution is -0.148. The third-order valence-electron chi connectivity index (χ3n) is 4.46. The van der Waals surface area contributed by atoms with Gasteiger partial charge in [-0.25, -0.2) is 4.39 Å². The summed E-state index contributed by atoms with van der Waals surface area (Å²) in [7, 11) is 0. The van der Waals surface area contributed by atoms with Crippen molar-refractivity contribution in [1.82, 2.24) is 0 Å². The van der Waals surface area contributed by atoms with Gasteiger partial charge < -0.3 is 5.11 Å². The Morgan fingerprint density at radius 3 is 2.33 bits per heavy atom. The van der Waals surface area contributed by atoms with Crippen molar-refractivity contribution in [2.24, 2.45) is 5.41 Å². The summed E-state index contributed by atoms with van der Waals surface area (Å²) >= 11 is 0. The summed E-state index contributed by atoms with van der Waals surface area (Å²) in [5.74, 6) is -1.06. The average molecular weight is 284 g/mol. The number of halogens is 1. The normalized spacial score (nSPS) is 15.7. The van der Waals surface area contributed by atoms with E-state index < -0.39 is 11.4 Å². The smallest absolute Gasteiger partial charge is 0.310 e. The Bertz CT molecular complexity index is 681. The summed E-state index contributed by atoms with van der Waals surface area (Å²) < 4.78 is 13.2. The molecule has 0 unspecified atom stereocenters. The van der Waals surface area contributed by atoms with Gasteiger partial charge in [-0.05, 0) is 60.6 Å². The van der Waals surface area contributed by atoms with Gasteiger partial charge in [-0.1, -0.05) is 30.3 Å². The van der Waals surface area contributed by atoms with Crippen LogP contribution in [0.5, 0.6) is 0 Å². The van der Waals surface area contributed by atoms with Crippen LogP contribution in [-0.4, -0.2) is 11.1 Å². The average Bonchev–Trinajstić information content (AvgIpc) is 2.81. The SMILES string of the molecule is Cc1cc(F)ccc1CC1(C(=O)O)Cc2ccccc2C1. The number of benzene rings is 2. The van der Waals surface area contributed by atoms with Crippen LogP contribution in [0.15, 0.2) is 42.5 Å². The van der Waals surface area contributed by atoms with Crippen molar-refractivity contribution in [1.29, 1.82) is 0 Å². The minimum Gasteiger partial charge on any atom is -0.481 e. The topological polar surface area (TPSA) is 37.3 Å². The fourth-order valence-electron chi connectivity index (χ4n) is 3.27. The van der Waals surface area contributed by atoms with E-state index in [4.69, 9.17) is 0 Å². The molecule has 1 N–H and O–H groups in total. The lowest BCUT2D eigenvalue weighted by Crippen LogP contribution is -2.34. The molecule has 2 nitrogen and oxygen atoms in total. The van der Waals surface area contributed by atoms with Gasteiger partial charge in [-0.3, -0.25) is 4.79 Å². The zero-order valence-electron chi connectivity index (χ0n) is 11.9. The highest BCUT2D eigenvalue weighted by atomic mass is 19.1. The first-order valence-corrected chi connectivity index (χ1v) is 7.05. The van der Waals surface area contributed by atoms with Gasteiger partial charge in [0.05, 0.1) is 5.41 Å². The monoisotopic (exact) mass is 284 g/mol. The summed E-state index contributed by atoms with van der Waals surface area (Å²) in [5.41, 5.74) is 3.13. The van der Waals surface area contributed by atoms with Gasteiger partial charge in [0.1, 0.15) is 5.82 Å². The molecule has 3 heteroatoms. The number of hydrogen-bond donors (Lipinski definition) is 1. The molecule has 1 aliphatic rings. The van der Waals surface area contributed by atoms with Crippen molar-refractivity contribution in [3.8, 4) is 0 Å². The molecule has 0 heterocycles. The molecule has 2 aromatic carbocycles. The maximum Gasteiger partial charge on any atom is 0.310 e. The van der Waals surface area contributed by atoms with Gasteiger partial charge in [0.25, 0.3) is 0 Å². The molecular weight excluding hydrogens is 267 g/mol. The summed E-state index contributed by atoms with van der Waals surface area (Å²) in [6, 6.07) is 12.5. The molecule has 0 fully saturated rings. The van der Waals surface area contributed by atoms with E-state index in [1.807, 2.05) is 31.2 Å². The van der Waals surface area contributed by atoms with Crippen molar-refractivity contribution in [3.05, 3.63) is 70.5 Å². The van der Waals surface area contributed by atoms with Crippen LogP contribution in [0.4, 0.5) is 4.39 Å². The molecule has 3 rings (SSSR count). The Kier molecular flexibility index (Phi) is 3.28. The highest BCUT2D eigenvalue weighted by molar-refractivity contribution is 5.77. The minimum atomic E-state index is -0.813. The Labute approximate surface area is 123 Å². The third kappa shape index (κ3) is 2.44. The number of fused-ring (bicyclic) bond motifs is 1. The molecule has 0 spiro atoms. The molecule has 0 radical (unpaired) electrons. The number of aliphatic carboxylic acids is 1. The van der Waals surface area contributed by atoms with Crippen LogP contribution in [0.25, 0.3) is 0 Å². The zero-order valence-corrected chi connectivity index (χ0v) is 11.9. The number of carboxylic acids is 1. The Morgan fingerprint density at radius 2 is 1.81 bits per heavy atom. The molecule has 0 amide bonds. The first-order valence-electron chi connectivity index (χ1n) is 7.05. The number of hydrogen-bond acceptors (Lipinski definition) is 1. The fourth-order valence-corrected chi connectivity index (χ4v) is 3.27. The Morgan fingerprint density at radius 1 is 1.19 bits per heavy atom. The van der Waals surface area contributed by atoms with E-state index in [2.05, 4.69) is 0 Å². The van der Waals surface area contributed by atoms with E-state index in [1.165, 1.54) is 12.1 Å². The first kappa shape index (κ1) is 13.8. The van der Waals surface area contributed by atoms with Crippen LogP contribution < -0.4 is 0 Å². The summed E-state index contributed by atoms with van der Waals surface area (Å²) in [4.78, 5) is 11.9. The highest BCUT2D eigenvalue weighted by Gasteiger charge is 2.44. The maximum atomic E-state index is 13.2. The largest absolute Gasteiger partial charge is 0.481 e. The molecule has 0 aromatic heterocycles. The molecule has 1 aliphatic carbocycles. The quantitative estimate of drug-likeness (QED) is 0.936. The Hall–Kier alpha value is -2.16. The summed E-state index contributed by atoms with van der Waals surface area (Å²) in [6.45, 7) is 1.83. The van der Waals surface area contributed by atoms with Gasteiger partial charge in [0, 0.05) is 0 Å². The van der Waals surface area contributed by atoms with Crippen LogP contribution in [0, 0.1) is 18.2 Å². The molecule has 0 atom stereocenters. The predicted molar refractivity (Wildman–Crippen MR) is 78.8 cm³/mol. The standard InChI is InChI=1S/C18H17FO2/c1-12-8-16(19)7-6-13(12)9-18(17(20)21)10-14-4-2-3-5-15(14)11-18/h2-8H,9-11H2,1H3,(H,20,21). The molecular formula is C18H17FO2. The van der Waals surface area contributed by atoms with E-state index in [0.29, 0.717) is 19.3 Å². The number of aryl methyl sites for hydroxylation is 1. The van der Waals surface area contributed by atoms with E-state index >= 15 is 0 Å². The minimum absolute atomic E-state index is 0.282. The molecule has 0 bridgehead atoms. The third-order valence-corrected chi connectivity index (χ3v) is 4.46. The van der Waals surface area contributed by atoms with Crippen LogP contribution in [-0.2, 0) is 24.1 Å². The highest BCUT2D eigenvalue weighted by Crippen LogP contribution is 2.40. The molecule has 0 saturated heterocycles. The predicted octanol–water partition coefficient (Wildman–Crippen LogP) is 3.55. The van der Waals surface area contributed by atoms with Crippen molar-refractivity contribution >= 4 is 5.97 Å². The maximum absolute atomic E-state index is 13.2. The summed E-state index contributed by atoms with van der Waals surface area (Å²) in [6.07, 6.45) is 1.51. The van der Waals surface area contributed by atoms with Crippen LogP contribution in [0.3, 0.4) is 0 Å². The van der Waals surface area contributed by atoms with Crippen molar-refractivity contribution in [2.45, 2.75) is 26.2 Å². The van der Waals surface area contributed by atoms with Crippen molar-refractivity contribution in [3.63, 3.8) is 0 Å². The molecule has 0 saturated carbocycles. The second-order valence-corrected chi connectivity index (χ2v) is 5.96. The molecule has 21 heavy (non-hydrogen) atoms. The van der Waals surface area contributed by atoms with Gasteiger partial charge in [-0.15, -0.1) is 0 Å². The first-order chi connectivity index (χ1) is 10.00. The number of carbonyl (C=O) groups is 1. The number of carboxylic acid groups (broad SMARTS) is 1. The van der Waals surface area contributed by atoms with E-state index in [0.717, 1.165) is 22.3 Å². The van der Waals surface area contributed by atoms with Crippen LogP contribution in [0.1, 0.15) is 22.3 Å². The van der Waals surface area contributed by atoms with E-state index in [1.54, 1.807) is 6.07 Å². The fraction of sp³-hybridized carbons (Fsp3) is 0.278. The van der Waals surface area contributed by atoms with Crippen molar-refractivity contribution in [2.75, 3.05) is 0 Å². The second kappa shape index (κ2) is 4.99. The van der Waals surface area contributed by atoms with E-state index in [-0.39, 0.29) is 5.82 Å². The number of rotatable bonds is 3. The van der Waals surface area contributed by atoms with Gasteiger partial charge >= 0.3 is 5.97 Å². The van der Waals surface area contributed by atoms with Gasteiger partial charge in [-0.2, -0.15) is 0 Å². The molecule has 108 valence electrons. The molecule has 0 aliphatic heterocycles. The van der Waals surface area contributed by atoms with Gasteiger partial charge in [0.15, 0.2) is 0 Å². The van der Waals surface area contributed by atoms with Gasteiger partial charge in [0.2, 0.25) is 0 Å². The zero-order chi connectivity index (χ0) is 15.0. The Balaban J connectivity index is 1.96. The second-order valence-electron chi connectivity index (χ2n) is 5.96. The van der Waals surface area contributed by atoms with E-state index in [9.17, 15) is 14.3 Å². The van der Waals surface area contributed by atoms with Crippen molar-refractivity contribution < 1.29 is 14.3 Å². The van der Waals surface area contributed by atoms with Crippen LogP contribution >= 0.6 is 0 Å². The van der Waals surface area contributed by atoms with Crippen LogP contribution in [0.2, 0.25) is 0 Å². The lowest BCUT2D eigenvalue weighted by Gasteiger charge is -2.25. The molecule has 2 aromatic rings.